The minimum Gasteiger partial charge on any atom is -0.378 e. The first-order valence-electron chi connectivity index (χ1n) is 4.61. The van der Waals surface area contributed by atoms with E-state index in [4.69, 9.17) is 4.74 Å². The molecule has 0 aromatic carbocycles. The molecule has 0 radical (unpaired) electrons. The van der Waals surface area contributed by atoms with Crippen molar-refractivity contribution in [2.24, 2.45) is 0 Å². The first-order chi connectivity index (χ1) is 5.66. The van der Waals surface area contributed by atoms with Crippen LogP contribution in [0.4, 0.5) is 4.39 Å². The van der Waals surface area contributed by atoms with Crippen LogP contribution in [0.1, 0.15) is 19.8 Å². The van der Waals surface area contributed by atoms with Crippen LogP contribution in [0.2, 0.25) is 0 Å². The summed E-state index contributed by atoms with van der Waals surface area (Å²) >= 11 is 0. The molecule has 0 unspecified atom stereocenters. The summed E-state index contributed by atoms with van der Waals surface area (Å²) in [5.74, 6) is 0. The molecule has 0 bridgehead atoms. The number of ether oxygens (including phenoxy) is 1. The molecular formula is C9H18FNO. The van der Waals surface area contributed by atoms with Crippen LogP contribution < -0.4 is 0 Å². The van der Waals surface area contributed by atoms with E-state index in [2.05, 4.69) is 4.90 Å². The number of hydrogen-bond acceptors (Lipinski definition) is 2. The summed E-state index contributed by atoms with van der Waals surface area (Å²) in [6.45, 7) is 4.49. The zero-order valence-electron chi connectivity index (χ0n) is 7.98. The van der Waals surface area contributed by atoms with Crippen LogP contribution in [-0.2, 0) is 4.74 Å². The van der Waals surface area contributed by atoms with Crippen LogP contribution in [0, 0.1) is 0 Å². The van der Waals surface area contributed by atoms with Gasteiger partial charge in [0.2, 0.25) is 0 Å². The van der Waals surface area contributed by atoms with Crippen molar-refractivity contribution in [1.29, 1.82) is 0 Å². The summed E-state index contributed by atoms with van der Waals surface area (Å²) in [6.07, 6.45) is 1.23. The molecule has 1 saturated heterocycles. The van der Waals surface area contributed by atoms with Gasteiger partial charge in [0.05, 0.1) is 6.61 Å². The van der Waals surface area contributed by atoms with Crippen molar-refractivity contribution < 1.29 is 9.13 Å². The van der Waals surface area contributed by atoms with E-state index in [9.17, 15) is 4.39 Å². The second-order valence-electron chi connectivity index (χ2n) is 3.59. The molecule has 0 spiro atoms. The van der Waals surface area contributed by atoms with Gasteiger partial charge in [-0.1, -0.05) is 0 Å². The molecule has 0 aliphatic carbocycles. The van der Waals surface area contributed by atoms with E-state index < -0.39 is 5.67 Å². The van der Waals surface area contributed by atoms with Crippen LogP contribution >= 0.6 is 0 Å². The highest BCUT2D eigenvalue weighted by atomic mass is 19.1. The Morgan fingerprint density at radius 1 is 1.42 bits per heavy atom. The van der Waals surface area contributed by atoms with Gasteiger partial charge in [-0.3, -0.25) is 0 Å². The molecule has 0 aromatic heterocycles. The topological polar surface area (TPSA) is 12.5 Å². The molecule has 0 atom stereocenters. The van der Waals surface area contributed by atoms with E-state index in [0.717, 1.165) is 13.1 Å². The molecule has 0 saturated carbocycles. The molecule has 1 aliphatic heterocycles. The highest BCUT2D eigenvalue weighted by molar-refractivity contribution is 4.85. The number of hydrogen-bond donors (Lipinski definition) is 0. The van der Waals surface area contributed by atoms with E-state index in [0.29, 0.717) is 19.4 Å². The molecular weight excluding hydrogens is 157 g/mol. The number of rotatable bonds is 3. The number of nitrogens with zero attached hydrogens (tertiary/aromatic N) is 1. The molecule has 1 fully saturated rings. The Labute approximate surface area is 73.7 Å². The summed E-state index contributed by atoms with van der Waals surface area (Å²) in [7, 11) is 2.03. The lowest BCUT2D eigenvalue weighted by Crippen LogP contribution is -2.42. The third kappa shape index (κ3) is 2.72. The minimum absolute atomic E-state index is 0.275. The van der Waals surface area contributed by atoms with Crippen molar-refractivity contribution >= 4 is 0 Å². The fourth-order valence-corrected chi connectivity index (χ4v) is 1.45. The van der Waals surface area contributed by atoms with Gasteiger partial charge < -0.3 is 9.64 Å². The molecule has 2 nitrogen and oxygen atoms in total. The maximum atomic E-state index is 13.8. The second kappa shape index (κ2) is 4.19. The molecule has 3 heteroatoms. The smallest absolute Gasteiger partial charge is 0.136 e. The van der Waals surface area contributed by atoms with Crippen LogP contribution in [0.25, 0.3) is 0 Å². The average molecular weight is 175 g/mol. The van der Waals surface area contributed by atoms with Gasteiger partial charge in [0, 0.05) is 19.7 Å². The Bertz CT molecular complexity index is 127. The van der Waals surface area contributed by atoms with Crippen LogP contribution in [0.15, 0.2) is 0 Å². The zero-order chi connectivity index (χ0) is 9.03. The van der Waals surface area contributed by atoms with Gasteiger partial charge in [-0.25, -0.2) is 4.39 Å². The highest BCUT2D eigenvalue weighted by Gasteiger charge is 2.33. The molecule has 0 aromatic rings. The van der Waals surface area contributed by atoms with Gasteiger partial charge in [-0.05, 0) is 26.8 Å². The monoisotopic (exact) mass is 175 g/mol. The number of likely N-dealkylation sites (tertiary alicyclic amines) is 1. The van der Waals surface area contributed by atoms with Gasteiger partial charge in [0.1, 0.15) is 5.67 Å². The second-order valence-corrected chi connectivity index (χ2v) is 3.59. The molecule has 12 heavy (non-hydrogen) atoms. The van der Waals surface area contributed by atoms with E-state index >= 15 is 0 Å². The average Bonchev–Trinajstić information content (AvgIpc) is 2.08. The van der Waals surface area contributed by atoms with Gasteiger partial charge >= 0.3 is 0 Å². The fraction of sp³-hybridized carbons (Fsp3) is 1.00. The van der Waals surface area contributed by atoms with Gasteiger partial charge in [-0.2, -0.15) is 0 Å². The predicted octanol–water partition coefficient (Wildman–Crippen LogP) is 1.46. The van der Waals surface area contributed by atoms with Gasteiger partial charge in [0.15, 0.2) is 0 Å². The lowest BCUT2D eigenvalue weighted by Gasteiger charge is -2.34. The SMILES string of the molecule is CCOCC1(F)CCN(C)CC1. The van der Waals surface area contributed by atoms with Gasteiger partial charge in [0.25, 0.3) is 0 Å². The van der Waals surface area contributed by atoms with E-state index in [-0.39, 0.29) is 6.61 Å². The maximum absolute atomic E-state index is 13.8. The zero-order valence-corrected chi connectivity index (χ0v) is 7.98. The Morgan fingerprint density at radius 2 is 2.00 bits per heavy atom. The minimum atomic E-state index is -1.05. The molecule has 0 amide bonds. The third-order valence-electron chi connectivity index (χ3n) is 2.45. The molecule has 72 valence electrons. The molecule has 0 N–H and O–H groups in total. The van der Waals surface area contributed by atoms with Crippen molar-refractivity contribution in [2.75, 3.05) is 33.4 Å². The highest BCUT2D eigenvalue weighted by Crippen LogP contribution is 2.25. The van der Waals surface area contributed by atoms with Gasteiger partial charge in [-0.15, -0.1) is 0 Å². The number of alkyl halides is 1. The van der Waals surface area contributed by atoms with Crippen LogP contribution in [0.5, 0.6) is 0 Å². The van der Waals surface area contributed by atoms with Crippen LogP contribution in [-0.4, -0.2) is 43.9 Å². The maximum Gasteiger partial charge on any atom is 0.136 e. The first-order valence-corrected chi connectivity index (χ1v) is 4.61. The van der Waals surface area contributed by atoms with Crippen molar-refractivity contribution in [3.05, 3.63) is 0 Å². The van der Waals surface area contributed by atoms with E-state index in [1.165, 1.54) is 0 Å². The summed E-state index contributed by atoms with van der Waals surface area (Å²) in [4.78, 5) is 2.16. The molecule has 1 heterocycles. The summed E-state index contributed by atoms with van der Waals surface area (Å²) < 4.78 is 18.9. The van der Waals surface area contributed by atoms with Crippen molar-refractivity contribution in [3.8, 4) is 0 Å². The van der Waals surface area contributed by atoms with E-state index in [1.54, 1.807) is 0 Å². The van der Waals surface area contributed by atoms with Crippen molar-refractivity contribution in [1.82, 2.24) is 4.90 Å². The number of piperidine rings is 1. The van der Waals surface area contributed by atoms with E-state index in [1.807, 2.05) is 14.0 Å². The number of halogens is 1. The van der Waals surface area contributed by atoms with Crippen molar-refractivity contribution in [2.45, 2.75) is 25.4 Å². The lowest BCUT2D eigenvalue weighted by molar-refractivity contribution is -0.0174. The largest absolute Gasteiger partial charge is 0.378 e. The fourth-order valence-electron chi connectivity index (χ4n) is 1.45. The predicted molar refractivity (Wildman–Crippen MR) is 47.1 cm³/mol. The Balaban J connectivity index is 2.29. The summed E-state index contributed by atoms with van der Waals surface area (Å²) in [5, 5.41) is 0. The Kier molecular flexibility index (Phi) is 3.47. The van der Waals surface area contributed by atoms with Crippen LogP contribution in [0.3, 0.4) is 0 Å². The molecule has 1 rings (SSSR count). The normalized spacial score (nSPS) is 24.2. The first kappa shape index (κ1) is 9.93. The third-order valence-corrected chi connectivity index (χ3v) is 2.45. The molecule has 1 aliphatic rings. The Morgan fingerprint density at radius 3 is 2.50 bits per heavy atom. The quantitative estimate of drug-likeness (QED) is 0.644. The Hall–Kier alpha value is -0.150. The summed E-state index contributed by atoms with van der Waals surface area (Å²) in [6, 6.07) is 0. The lowest BCUT2D eigenvalue weighted by atomic mass is 9.95. The standard InChI is InChI=1S/C9H18FNO/c1-3-12-8-9(10)4-6-11(2)7-5-9/h3-8H2,1-2H3. The van der Waals surface area contributed by atoms with Crippen molar-refractivity contribution in [3.63, 3.8) is 0 Å². The summed E-state index contributed by atoms with van der Waals surface area (Å²) in [5.41, 5.74) is -1.05.